The fraction of sp³-hybridized carbons (Fsp3) is 0.400. The van der Waals surface area contributed by atoms with E-state index in [1.54, 1.807) is 24.3 Å². The van der Waals surface area contributed by atoms with Gasteiger partial charge in [0.2, 0.25) is 5.82 Å². The third-order valence-electron chi connectivity index (χ3n) is 3.78. The average molecular weight is 321 g/mol. The van der Waals surface area contributed by atoms with Crippen molar-refractivity contribution in [1.29, 1.82) is 0 Å². The lowest BCUT2D eigenvalue weighted by molar-refractivity contribution is 0.243. The summed E-state index contributed by atoms with van der Waals surface area (Å²) in [5.74, 6) is 0.302. The number of benzene rings is 1. The van der Waals surface area contributed by atoms with Gasteiger partial charge < -0.3 is 5.32 Å². The number of nitrogens with one attached hydrogen (secondary N) is 2. The van der Waals surface area contributed by atoms with E-state index >= 15 is 0 Å². The highest BCUT2D eigenvalue weighted by Gasteiger charge is 2.19. The van der Waals surface area contributed by atoms with E-state index in [0.717, 1.165) is 31.2 Å². The third-order valence-corrected chi connectivity index (χ3v) is 4.03. The molecule has 1 aliphatic rings. The molecule has 0 unspecified atom stereocenters. The zero-order valence-corrected chi connectivity index (χ0v) is 12.8. The summed E-state index contributed by atoms with van der Waals surface area (Å²) in [6.45, 7) is 0. The molecule has 3 rings (SSSR count). The van der Waals surface area contributed by atoms with Crippen LogP contribution >= 0.6 is 11.6 Å². The van der Waals surface area contributed by atoms with Crippen molar-refractivity contribution >= 4 is 23.4 Å². The highest BCUT2D eigenvalue weighted by atomic mass is 35.5. The second kappa shape index (κ2) is 6.79. The van der Waals surface area contributed by atoms with Crippen LogP contribution < -0.4 is 10.6 Å². The van der Waals surface area contributed by atoms with Gasteiger partial charge in [0, 0.05) is 16.6 Å². The van der Waals surface area contributed by atoms with E-state index in [9.17, 15) is 4.79 Å². The number of nitrogens with zero attached hydrogens (tertiary/aromatic N) is 2. The van der Waals surface area contributed by atoms with Crippen molar-refractivity contribution < 1.29 is 9.42 Å². The van der Waals surface area contributed by atoms with Crippen molar-refractivity contribution in [2.45, 2.75) is 38.1 Å². The summed E-state index contributed by atoms with van der Waals surface area (Å²) in [5, 5.41) is 13.9. The molecule has 1 saturated carbocycles. The fourth-order valence-electron chi connectivity index (χ4n) is 2.64. The van der Waals surface area contributed by atoms with Gasteiger partial charge in [0.05, 0.1) is 0 Å². The number of hydrogen-bond donors (Lipinski definition) is 2. The largest absolute Gasteiger partial charge is 0.335 e. The molecule has 0 aliphatic heterocycles. The van der Waals surface area contributed by atoms with E-state index in [1.165, 1.54) is 6.42 Å². The van der Waals surface area contributed by atoms with Crippen LogP contribution in [0.1, 0.15) is 32.1 Å². The second-order valence-electron chi connectivity index (χ2n) is 5.40. The van der Waals surface area contributed by atoms with Crippen LogP contribution in [0.25, 0.3) is 11.3 Å². The Bertz CT molecular complexity index is 635. The lowest BCUT2D eigenvalue weighted by atomic mass is 9.96. The van der Waals surface area contributed by atoms with E-state index in [4.69, 9.17) is 16.2 Å². The first-order valence-corrected chi connectivity index (χ1v) is 7.76. The number of hydrogen-bond acceptors (Lipinski definition) is 4. The van der Waals surface area contributed by atoms with Gasteiger partial charge in [0.15, 0.2) is 5.69 Å². The molecule has 2 amide bonds. The highest BCUT2D eigenvalue weighted by molar-refractivity contribution is 6.30. The van der Waals surface area contributed by atoms with Gasteiger partial charge in [-0.25, -0.2) is 9.42 Å². The molecule has 0 spiro atoms. The molecule has 7 heteroatoms. The van der Waals surface area contributed by atoms with E-state index in [-0.39, 0.29) is 12.1 Å². The van der Waals surface area contributed by atoms with Gasteiger partial charge in [0.25, 0.3) is 0 Å². The molecule has 0 bridgehead atoms. The summed E-state index contributed by atoms with van der Waals surface area (Å²) in [4.78, 5) is 12.1. The Balaban J connectivity index is 1.66. The minimum Gasteiger partial charge on any atom is -0.335 e. The van der Waals surface area contributed by atoms with Crippen LogP contribution in [0.4, 0.5) is 10.6 Å². The molecule has 1 fully saturated rings. The van der Waals surface area contributed by atoms with Crippen molar-refractivity contribution in [1.82, 2.24) is 15.6 Å². The predicted molar refractivity (Wildman–Crippen MR) is 83.8 cm³/mol. The maximum absolute atomic E-state index is 12.1. The molecule has 1 heterocycles. The van der Waals surface area contributed by atoms with Gasteiger partial charge in [-0.2, -0.15) is 0 Å². The maximum Gasteiger partial charge on any atom is 0.320 e. The number of rotatable bonds is 3. The molecular formula is C15H17ClN4O2. The minimum absolute atomic E-state index is 0.229. The maximum atomic E-state index is 12.1. The van der Waals surface area contributed by atoms with Crippen molar-refractivity contribution in [2.75, 3.05) is 5.32 Å². The molecule has 0 atom stereocenters. The van der Waals surface area contributed by atoms with E-state index in [0.29, 0.717) is 16.5 Å². The zero-order valence-electron chi connectivity index (χ0n) is 12.0. The average Bonchev–Trinajstić information content (AvgIpc) is 2.97. The molecule has 22 heavy (non-hydrogen) atoms. The zero-order chi connectivity index (χ0) is 15.4. The number of halogens is 1. The summed E-state index contributed by atoms with van der Waals surface area (Å²) < 4.78 is 4.75. The van der Waals surface area contributed by atoms with Crippen molar-refractivity contribution in [3.8, 4) is 11.3 Å². The predicted octanol–water partition coefficient (Wildman–Crippen LogP) is 3.84. The summed E-state index contributed by atoms with van der Waals surface area (Å²) in [6.07, 6.45) is 5.61. The molecule has 0 radical (unpaired) electrons. The molecule has 116 valence electrons. The number of anilines is 1. The van der Waals surface area contributed by atoms with E-state index < -0.39 is 0 Å². The first-order chi connectivity index (χ1) is 10.7. The van der Waals surface area contributed by atoms with Crippen LogP contribution in [0.15, 0.2) is 28.9 Å². The Morgan fingerprint density at radius 1 is 1.14 bits per heavy atom. The van der Waals surface area contributed by atoms with Crippen LogP contribution in [0.2, 0.25) is 5.02 Å². The van der Waals surface area contributed by atoms with Gasteiger partial charge in [-0.1, -0.05) is 43.0 Å². The number of urea groups is 1. The normalized spacial score (nSPS) is 15.5. The number of aromatic nitrogens is 2. The number of carbonyl (C=O) groups is 1. The Kier molecular flexibility index (Phi) is 4.58. The molecule has 1 aromatic heterocycles. The summed E-state index contributed by atoms with van der Waals surface area (Å²) in [6, 6.07) is 7.04. The van der Waals surface area contributed by atoms with Crippen LogP contribution in [0.5, 0.6) is 0 Å². The van der Waals surface area contributed by atoms with Crippen LogP contribution in [0.3, 0.4) is 0 Å². The molecule has 2 aromatic rings. The Labute approximate surface area is 133 Å². The van der Waals surface area contributed by atoms with Gasteiger partial charge in [0.1, 0.15) is 0 Å². The quantitative estimate of drug-likeness (QED) is 0.900. The molecule has 6 nitrogen and oxygen atoms in total. The van der Waals surface area contributed by atoms with E-state index in [1.807, 2.05) is 0 Å². The monoisotopic (exact) mass is 320 g/mol. The van der Waals surface area contributed by atoms with Crippen molar-refractivity contribution in [2.24, 2.45) is 0 Å². The Morgan fingerprint density at radius 3 is 2.59 bits per heavy atom. The number of carbonyl (C=O) groups excluding carboxylic acids is 1. The lowest BCUT2D eigenvalue weighted by Crippen LogP contribution is -2.39. The van der Waals surface area contributed by atoms with Gasteiger partial charge >= 0.3 is 6.03 Å². The minimum atomic E-state index is -0.280. The Hall–Kier alpha value is -2.08. The molecule has 2 N–H and O–H groups in total. The van der Waals surface area contributed by atoms with Gasteiger partial charge in [-0.3, -0.25) is 5.32 Å². The SMILES string of the molecule is O=C(Nc1nonc1-c1ccc(Cl)cc1)NC1CCCCC1. The van der Waals surface area contributed by atoms with Gasteiger partial charge in [-0.15, -0.1) is 0 Å². The van der Waals surface area contributed by atoms with Crippen molar-refractivity contribution in [3.05, 3.63) is 29.3 Å². The Morgan fingerprint density at radius 2 is 1.86 bits per heavy atom. The van der Waals surface area contributed by atoms with Crippen LogP contribution in [-0.2, 0) is 0 Å². The standard InChI is InChI=1S/C15H17ClN4O2/c16-11-8-6-10(7-9-11)13-14(20-22-19-13)18-15(21)17-12-4-2-1-3-5-12/h6-9,12H,1-5H2,(H2,17,18,20,21). The molecule has 1 aliphatic carbocycles. The van der Waals surface area contributed by atoms with Gasteiger partial charge in [-0.05, 0) is 35.3 Å². The van der Waals surface area contributed by atoms with Crippen LogP contribution in [0, 0.1) is 0 Å². The summed E-state index contributed by atoms with van der Waals surface area (Å²) in [7, 11) is 0. The smallest absolute Gasteiger partial charge is 0.320 e. The first kappa shape index (κ1) is 14.8. The molecule has 1 aromatic carbocycles. The highest BCUT2D eigenvalue weighted by Crippen LogP contribution is 2.25. The molecule has 0 saturated heterocycles. The number of amides is 2. The summed E-state index contributed by atoms with van der Waals surface area (Å²) >= 11 is 5.87. The van der Waals surface area contributed by atoms with E-state index in [2.05, 4.69) is 20.9 Å². The summed E-state index contributed by atoms with van der Waals surface area (Å²) in [5.41, 5.74) is 1.26. The third kappa shape index (κ3) is 3.57. The topological polar surface area (TPSA) is 80.1 Å². The lowest BCUT2D eigenvalue weighted by Gasteiger charge is -2.22. The fourth-order valence-corrected chi connectivity index (χ4v) is 2.77. The van der Waals surface area contributed by atoms with Crippen LogP contribution in [-0.4, -0.2) is 22.4 Å². The molecular weight excluding hydrogens is 304 g/mol. The second-order valence-corrected chi connectivity index (χ2v) is 5.84. The first-order valence-electron chi connectivity index (χ1n) is 7.38. The van der Waals surface area contributed by atoms with Crippen molar-refractivity contribution in [3.63, 3.8) is 0 Å².